The molecule has 0 spiro atoms. The van der Waals surface area contributed by atoms with Crippen LogP contribution < -0.4 is 5.32 Å². The normalized spacial score (nSPS) is 9.63. The number of rotatable bonds is 3. The number of aromatic nitrogens is 1. The summed E-state index contributed by atoms with van der Waals surface area (Å²) in [4.78, 5) is 15.7. The van der Waals surface area contributed by atoms with Gasteiger partial charge in [0.1, 0.15) is 5.75 Å². The van der Waals surface area contributed by atoms with Gasteiger partial charge in [-0.3, -0.25) is 9.78 Å². The van der Waals surface area contributed by atoms with E-state index < -0.39 is 0 Å². The highest BCUT2D eigenvalue weighted by molar-refractivity contribution is 5.93. The van der Waals surface area contributed by atoms with Crippen LogP contribution >= 0.6 is 0 Å². The third-order valence-corrected chi connectivity index (χ3v) is 2.49. The molecule has 0 fully saturated rings. The number of hydrogen-bond acceptors (Lipinski definition) is 4. The molecule has 0 radical (unpaired) electrons. The SMILES string of the molecule is N#Cc1ccc(O)c(NC(=O)Cc2cccnc2)c1. The average Bonchev–Trinajstić information content (AvgIpc) is 2.42. The first-order valence-electron chi connectivity index (χ1n) is 5.61. The van der Waals surface area contributed by atoms with E-state index in [0.29, 0.717) is 5.56 Å². The topological polar surface area (TPSA) is 86.0 Å². The molecular weight excluding hydrogens is 242 g/mol. The van der Waals surface area contributed by atoms with E-state index in [1.165, 1.54) is 18.2 Å². The van der Waals surface area contributed by atoms with E-state index in [1.807, 2.05) is 6.07 Å². The summed E-state index contributed by atoms with van der Waals surface area (Å²) in [7, 11) is 0. The standard InChI is InChI=1S/C14H11N3O2/c15-8-10-3-4-13(18)12(6-10)17-14(19)7-11-2-1-5-16-9-11/h1-6,9,18H,7H2,(H,17,19). The molecule has 1 aromatic carbocycles. The van der Waals surface area contributed by atoms with Gasteiger partial charge in [-0.1, -0.05) is 6.07 Å². The molecule has 5 heteroatoms. The Kier molecular flexibility index (Phi) is 3.74. The number of nitriles is 1. The number of anilines is 1. The maximum atomic E-state index is 11.8. The maximum Gasteiger partial charge on any atom is 0.228 e. The molecule has 2 rings (SSSR count). The van der Waals surface area contributed by atoms with Gasteiger partial charge in [0.2, 0.25) is 5.91 Å². The molecule has 0 saturated heterocycles. The number of phenolic OH excluding ortho intramolecular Hbond substituents is 1. The average molecular weight is 253 g/mol. The fraction of sp³-hybridized carbons (Fsp3) is 0.0714. The minimum Gasteiger partial charge on any atom is -0.506 e. The van der Waals surface area contributed by atoms with Crippen molar-refractivity contribution in [1.29, 1.82) is 5.26 Å². The predicted octanol–water partition coefficient (Wildman–Crippen LogP) is 1.84. The summed E-state index contributed by atoms with van der Waals surface area (Å²) in [5.74, 6) is -0.350. The van der Waals surface area contributed by atoms with Gasteiger partial charge in [0.05, 0.1) is 23.7 Å². The predicted molar refractivity (Wildman–Crippen MR) is 69.4 cm³/mol. The quantitative estimate of drug-likeness (QED) is 0.817. The minimum atomic E-state index is -0.279. The Balaban J connectivity index is 2.09. The van der Waals surface area contributed by atoms with Crippen molar-refractivity contribution in [2.45, 2.75) is 6.42 Å². The highest BCUT2D eigenvalue weighted by Crippen LogP contribution is 2.23. The van der Waals surface area contributed by atoms with Crippen molar-refractivity contribution in [3.63, 3.8) is 0 Å². The molecule has 1 aromatic heterocycles. The number of hydrogen-bond donors (Lipinski definition) is 2. The summed E-state index contributed by atoms with van der Waals surface area (Å²) in [6.07, 6.45) is 3.39. The number of amides is 1. The van der Waals surface area contributed by atoms with E-state index >= 15 is 0 Å². The van der Waals surface area contributed by atoms with Crippen LogP contribution in [0.3, 0.4) is 0 Å². The van der Waals surface area contributed by atoms with Crippen LogP contribution in [0.4, 0.5) is 5.69 Å². The molecule has 0 unspecified atom stereocenters. The fourth-order valence-electron chi connectivity index (χ4n) is 1.59. The number of phenols is 1. The van der Waals surface area contributed by atoms with Crippen LogP contribution in [-0.2, 0) is 11.2 Å². The van der Waals surface area contributed by atoms with Crippen LogP contribution in [-0.4, -0.2) is 16.0 Å². The van der Waals surface area contributed by atoms with Crippen molar-refractivity contribution in [3.8, 4) is 11.8 Å². The number of carbonyl (C=O) groups is 1. The zero-order valence-corrected chi connectivity index (χ0v) is 10.00. The largest absolute Gasteiger partial charge is 0.506 e. The summed E-state index contributed by atoms with van der Waals surface area (Å²) in [5.41, 5.74) is 1.37. The van der Waals surface area contributed by atoms with E-state index in [2.05, 4.69) is 10.3 Å². The lowest BCUT2D eigenvalue weighted by molar-refractivity contribution is -0.115. The molecule has 0 aliphatic carbocycles. The van der Waals surface area contributed by atoms with Crippen LogP contribution in [0.1, 0.15) is 11.1 Å². The third-order valence-electron chi connectivity index (χ3n) is 2.49. The van der Waals surface area contributed by atoms with Crippen molar-refractivity contribution in [1.82, 2.24) is 4.98 Å². The molecule has 0 aliphatic rings. The Labute approximate surface area is 110 Å². The van der Waals surface area contributed by atoms with E-state index in [4.69, 9.17) is 5.26 Å². The lowest BCUT2D eigenvalue weighted by atomic mass is 10.1. The summed E-state index contributed by atoms with van der Waals surface area (Å²) in [6.45, 7) is 0. The second-order valence-electron chi connectivity index (χ2n) is 3.93. The van der Waals surface area contributed by atoms with Crippen LogP contribution in [0.25, 0.3) is 0 Å². The van der Waals surface area contributed by atoms with Gasteiger partial charge in [-0.2, -0.15) is 5.26 Å². The molecule has 19 heavy (non-hydrogen) atoms. The molecule has 0 bridgehead atoms. The zero-order chi connectivity index (χ0) is 13.7. The molecule has 0 saturated carbocycles. The number of pyridine rings is 1. The Bertz CT molecular complexity index is 633. The lowest BCUT2D eigenvalue weighted by Crippen LogP contribution is -2.14. The van der Waals surface area contributed by atoms with Crippen molar-refractivity contribution < 1.29 is 9.90 Å². The van der Waals surface area contributed by atoms with Gasteiger partial charge in [-0.15, -0.1) is 0 Å². The molecular formula is C14H11N3O2. The monoisotopic (exact) mass is 253 g/mol. The zero-order valence-electron chi connectivity index (χ0n) is 10.00. The van der Waals surface area contributed by atoms with E-state index in [-0.39, 0.29) is 23.8 Å². The van der Waals surface area contributed by atoms with Crippen LogP contribution in [0, 0.1) is 11.3 Å². The van der Waals surface area contributed by atoms with Gasteiger partial charge in [-0.25, -0.2) is 0 Å². The third kappa shape index (κ3) is 3.30. The van der Waals surface area contributed by atoms with Crippen LogP contribution in [0.5, 0.6) is 5.75 Å². The van der Waals surface area contributed by atoms with Gasteiger partial charge >= 0.3 is 0 Å². The van der Waals surface area contributed by atoms with Crippen molar-refractivity contribution in [2.75, 3.05) is 5.32 Å². The first kappa shape index (κ1) is 12.6. The van der Waals surface area contributed by atoms with Crippen LogP contribution in [0.15, 0.2) is 42.7 Å². The number of nitrogens with one attached hydrogen (secondary N) is 1. The van der Waals surface area contributed by atoms with Gasteiger partial charge in [0, 0.05) is 12.4 Å². The first-order valence-corrected chi connectivity index (χ1v) is 5.61. The number of carbonyl (C=O) groups excluding carboxylic acids is 1. The Morgan fingerprint density at radius 1 is 1.42 bits per heavy atom. The molecule has 1 heterocycles. The molecule has 1 amide bonds. The second kappa shape index (κ2) is 5.65. The lowest BCUT2D eigenvalue weighted by Gasteiger charge is -2.07. The van der Waals surface area contributed by atoms with Crippen LogP contribution in [0.2, 0.25) is 0 Å². The Morgan fingerprint density at radius 3 is 2.95 bits per heavy atom. The number of benzene rings is 1. The summed E-state index contributed by atoms with van der Waals surface area (Å²) < 4.78 is 0. The minimum absolute atomic E-state index is 0.0708. The molecule has 0 atom stereocenters. The molecule has 2 aromatic rings. The molecule has 5 nitrogen and oxygen atoms in total. The van der Waals surface area contributed by atoms with E-state index in [9.17, 15) is 9.90 Å². The molecule has 94 valence electrons. The summed E-state index contributed by atoms with van der Waals surface area (Å²) >= 11 is 0. The highest BCUT2D eigenvalue weighted by atomic mass is 16.3. The van der Waals surface area contributed by atoms with E-state index in [1.54, 1.807) is 24.5 Å². The maximum absolute atomic E-state index is 11.8. The Morgan fingerprint density at radius 2 is 2.26 bits per heavy atom. The first-order chi connectivity index (χ1) is 9.19. The van der Waals surface area contributed by atoms with Gasteiger partial charge in [0.25, 0.3) is 0 Å². The fourth-order valence-corrected chi connectivity index (χ4v) is 1.59. The summed E-state index contributed by atoms with van der Waals surface area (Å²) in [6, 6.07) is 9.76. The number of nitrogens with zero attached hydrogens (tertiary/aromatic N) is 2. The van der Waals surface area contributed by atoms with Crippen molar-refractivity contribution in [3.05, 3.63) is 53.9 Å². The van der Waals surface area contributed by atoms with Gasteiger partial charge < -0.3 is 10.4 Å². The Hall–Kier alpha value is -2.87. The molecule has 2 N–H and O–H groups in total. The molecule has 0 aliphatic heterocycles. The van der Waals surface area contributed by atoms with Crippen molar-refractivity contribution in [2.24, 2.45) is 0 Å². The highest BCUT2D eigenvalue weighted by Gasteiger charge is 2.08. The van der Waals surface area contributed by atoms with Gasteiger partial charge in [0.15, 0.2) is 0 Å². The second-order valence-corrected chi connectivity index (χ2v) is 3.93. The summed E-state index contributed by atoms with van der Waals surface area (Å²) in [5, 5.41) is 20.9. The van der Waals surface area contributed by atoms with E-state index in [0.717, 1.165) is 5.56 Å². The van der Waals surface area contributed by atoms with Gasteiger partial charge in [-0.05, 0) is 29.8 Å². The van der Waals surface area contributed by atoms with Crippen molar-refractivity contribution >= 4 is 11.6 Å². The number of aromatic hydroxyl groups is 1. The smallest absolute Gasteiger partial charge is 0.228 e.